The van der Waals surface area contributed by atoms with E-state index in [4.69, 9.17) is 33.2 Å². The number of nitrogens with one attached hydrogen (secondary N) is 1. The number of rotatable bonds is 7. The van der Waals surface area contributed by atoms with Crippen LogP contribution in [0.15, 0.2) is 42.5 Å². The number of anilines is 1. The summed E-state index contributed by atoms with van der Waals surface area (Å²) in [5.41, 5.74) is 4.36. The van der Waals surface area contributed by atoms with Crippen LogP contribution in [0.4, 0.5) is 5.82 Å². The van der Waals surface area contributed by atoms with Crippen LogP contribution in [0.1, 0.15) is 35.0 Å². The summed E-state index contributed by atoms with van der Waals surface area (Å²) < 4.78 is 1.79. The number of hydrogen-bond acceptors (Lipinski definition) is 5. The molecule has 0 aliphatic rings. The van der Waals surface area contributed by atoms with Crippen molar-refractivity contribution in [3.8, 4) is 11.4 Å². The second kappa shape index (κ2) is 9.14. The third-order valence-corrected chi connectivity index (χ3v) is 5.81. The maximum atomic E-state index is 11.2. The van der Waals surface area contributed by atoms with Crippen LogP contribution in [0.3, 0.4) is 0 Å². The molecule has 7 nitrogen and oxygen atoms in total. The molecule has 32 heavy (non-hydrogen) atoms. The van der Waals surface area contributed by atoms with Gasteiger partial charge in [-0.25, -0.2) is 14.8 Å². The first-order valence-corrected chi connectivity index (χ1v) is 10.9. The fraction of sp³-hybridized carbons (Fsp3) is 0.217. The van der Waals surface area contributed by atoms with Crippen LogP contribution in [0.5, 0.6) is 0 Å². The summed E-state index contributed by atoms with van der Waals surface area (Å²) in [4.78, 5) is 20.7. The van der Waals surface area contributed by atoms with Gasteiger partial charge in [-0.05, 0) is 36.2 Å². The largest absolute Gasteiger partial charge is 0.478 e. The van der Waals surface area contributed by atoms with E-state index in [0.717, 1.165) is 40.7 Å². The average molecular weight is 470 g/mol. The highest BCUT2D eigenvalue weighted by atomic mass is 35.5. The van der Waals surface area contributed by atoms with Crippen molar-refractivity contribution < 1.29 is 9.90 Å². The lowest BCUT2D eigenvalue weighted by Crippen LogP contribution is -2.06. The predicted molar refractivity (Wildman–Crippen MR) is 126 cm³/mol. The number of nitrogens with zero attached hydrogens (tertiary/aromatic N) is 4. The van der Waals surface area contributed by atoms with E-state index in [1.165, 1.54) is 0 Å². The van der Waals surface area contributed by atoms with E-state index in [-0.39, 0.29) is 5.56 Å². The Bertz CT molecular complexity index is 1300. The number of hydrogen-bond donors (Lipinski definition) is 2. The Balaban J connectivity index is 1.78. The molecule has 2 heterocycles. The highest BCUT2D eigenvalue weighted by Crippen LogP contribution is 2.29. The van der Waals surface area contributed by atoms with Crippen molar-refractivity contribution in [1.82, 2.24) is 19.7 Å². The van der Waals surface area contributed by atoms with Crippen molar-refractivity contribution in [2.45, 2.75) is 26.3 Å². The number of aryl methyl sites for hydroxylation is 2. The Kier molecular flexibility index (Phi) is 6.30. The molecule has 0 unspecified atom stereocenters. The zero-order chi connectivity index (χ0) is 22.8. The van der Waals surface area contributed by atoms with Crippen molar-refractivity contribution in [3.05, 3.63) is 69.3 Å². The molecule has 0 aliphatic heterocycles. The standard InChI is InChI=1S/C23H21Cl2N5O2/c1-3-4-18-19-20(30(2)29-18)22(26-12-13-5-10-16(24)17(25)11-13)28-21(27-19)14-6-8-15(9-7-14)23(31)32/h5-11H,3-4,12H2,1-2H3,(H,31,32)(H,26,27,28). The summed E-state index contributed by atoms with van der Waals surface area (Å²) in [7, 11) is 1.87. The summed E-state index contributed by atoms with van der Waals surface area (Å²) in [5, 5.41) is 18.2. The van der Waals surface area contributed by atoms with Gasteiger partial charge < -0.3 is 10.4 Å². The number of benzene rings is 2. The minimum absolute atomic E-state index is 0.209. The van der Waals surface area contributed by atoms with E-state index < -0.39 is 5.97 Å². The van der Waals surface area contributed by atoms with Gasteiger partial charge in [-0.3, -0.25) is 4.68 Å². The van der Waals surface area contributed by atoms with Crippen LogP contribution in [-0.4, -0.2) is 30.8 Å². The molecule has 0 atom stereocenters. The smallest absolute Gasteiger partial charge is 0.335 e. The Hall–Kier alpha value is -3.16. The quantitative estimate of drug-likeness (QED) is 0.365. The van der Waals surface area contributed by atoms with Crippen LogP contribution >= 0.6 is 23.2 Å². The Labute approximate surface area is 195 Å². The van der Waals surface area contributed by atoms with Gasteiger partial charge in [0, 0.05) is 19.2 Å². The summed E-state index contributed by atoms with van der Waals surface area (Å²) in [6.07, 6.45) is 1.72. The van der Waals surface area contributed by atoms with Gasteiger partial charge in [-0.1, -0.05) is 54.7 Å². The molecule has 4 aromatic rings. The molecule has 0 saturated heterocycles. The van der Waals surface area contributed by atoms with Crippen LogP contribution in [0, 0.1) is 0 Å². The molecule has 2 aromatic carbocycles. The summed E-state index contributed by atoms with van der Waals surface area (Å²) in [6, 6.07) is 12.0. The second-order valence-corrected chi connectivity index (χ2v) is 8.21. The second-order valence-electron chi connectivity index (χ2n) is 7.40. The van der Waals surface area contributed by atoms with E-state index in [1.54, 1.807) is 35.0 Å². The highest BCUT2D eigenvalue weighted by molar-refractivity contribution is 6.42. The van der Waals surface area contributed by atoms with E-state index in [0.29, 0.717) is 28.2 Å². The number of aromatic nitrogens is 4. The normalized spacial score (nSPS) is 11.1. The van der Waals surface area contributed by atoms with Gasteiger partial charge in [0.25, 0.3) is 0 Å². The molecule has 0 spiro atoms. The van der Waals surface area contributed by atoms with Gasteiger partial charge in [0.1, 0.15) is 11.0 Å². The van der Waals surface area contributed by atoms with Gasteiger partial charge in [0.2, 0.25) is 0 Å². The lowest BCUT2D eigenvalue weighted by Gasteiger charge is -2.11. The third kappa shape index (κ3) is 4.40. The first-order valence-electron chi connectivity index (χ1n) is 10.1. The third-order valence-electron chi connectivity index (χ3n) is 5.07. The van der Waals surface area contributed by atoms with Crippen LogP contribution in [0.25, 0.3) is 22.4 Å². The van der Waals surface area contributed by atoms with Crippen molar-refractivity contribution in [2.24, 2.45) is 7.05 Å². The van der Waals surface area contributed by atoms with Gasteiger partial charge in [-0.15, -0.1) is 0 Å². The minimum atomic E-state index is -0.977. The maximum Gasteiger partial charge on any atom is 0.335 e. The number of halogens is 2. The zero-order valence-corrected chi connectivity index (χ0v) is 19.1. The Morgan fingerprint density at radius 3 is 2.50 bits per heavy atom. The van der Waals surface area contributed by atoms with Crippen LogP contribution in [-0.2, 0) is 20.0 Å². The molecule has 0 bridgehead atoms. The highest BCUT2D eigenvalue weighted by Gasteiger charge is 2.18. The monoisotopic (exact) mass is 469 g/mol. The molecule has 164 valence electrons. The topological polar surface area (TPSA) is 92.9 Å². The van der Waals surface area contributed by atoms with E-state index >= 15 is 0 Å². The van der Waals surface area contributed by atoms with E-state index in [9.17, 15) is 9.90 Å². The van der Waals surface area contributed by atoms with Crippen LogP contribution < -0.4 is 5.32 Å². The molecule has 9 heteroatoms. The number of carboxylic acid groups (broad SMARTS) is 1. The number of fused-ring (bicyclic) bond motifs is 1. The molecule has 0 radical (unpaired) electrons. The number of carboxylic acids is 1. The minimum Gasteiger partial charge on any atom is -0.478 e. The van der Waals surface area contributed by atoms with Crippen molar-refractivity contribution in [1.29, 1.82) is 0 Å². The van der Waals surface area contributed by atoms with Crippen molar-refractivity contribution >= 4 is 46.0 Å². The molecule has 0 amide bonds. The molecule has 0 aliphatic carbocycles. The average Bonchev–Trinajstić information content (AvgIpc) is 3.10. The van der Waals surface area contributed by atoms with Gasteiger partial charge >= 0.3 is 5.97 Å². The summed E-state index contributed by atoms with van der Waals surface area (Å²) in [6.45, 7) is 2.57. The summed E-state index contributed by atoms with van der Waals surface area (Å²) >= 11 is 12.2. The molecular weight excluding hydrogens is 449 g/mol. The fourth-order valence-corrected chi connectivity index (χ4v) is 3.82. The predicted octanol–water partition coefficient (Wildman–Crippen LogP) is 5.60. The maximum absolute atomic E-state index is 11.2. The molecule has 0 saturated carbocycles. The Morgan fingerprint density at radius 1 is 1.09 bits per heavy atom. The van der Waals surface area contributed by atoms with Gasteiger partial charge in [0.15, 0.2) is 11.6 Å². The number of carbonyl (C=O) groups is 1. The van der Waals surface area contributed by atoms with Crippen molar-refractivity contribution in [2.75, 3.05) is 5.32 Å². The van der Waals surface area contributed by atoms with Crippen LogP contribution in [0.2, 0.25) is 10.0 Å². The fourth-order valence-electron chi connectivity index (χ4n) is 3.50. The first-order chi connectivity index (χ1) is 15.4. The molecule has 0 fully saturated rings. The molecular formula is C23H21Cl2N5O2. The zero-order valence-electron chi connectivity index (χ0n) is 17.6. The van der Waals surface area contributed by atoms with E-state index in [2.05, 4.69) is 17.3 Å². The molecule has 4 rings (SSSR count). The molecule has 2 N–H and O–H groups in total. The SMILES string of the molecule is CCCc1nn(C)c2c(NCc3ccc(Cl)c(Cl)c3)nc(-c3ccc(C(=O)O)cc3)nc12. The Morgan fingerprint density at radius 2 is 1.84 bits per heavy atom. The first kappa shape index (κ1) is 22.0. The van der Waals surface area contributed by atoms with E-state index in [1.807, 2.05) is 19.2 Å². The van der Waals surface area contributed by atoms with Gasteiger partial charge in [0.05, 0.1) is 21.3 Å². The van der Waals surface area contributed by atoms with Gasteiger partial charge in [-0.2, -0.15) is 5.10 Å². The molecule has 2 aromatic heterocycles. The van der Waals surface area contributed by atoms with Crippen molar-refractivity contribution in [3.63, 3.8) is 0 Å². The lowest BCUT2D eigenvalue weighted by atomic mass is 10.1. The summed E-state index contributed by atoms with van der Waals surface area (Å²) in [5.74, 6) is 0.154. The number of aromatic carboxylic acids is 1. The lowest BCUT2D eigenvalue weighted by molar-refractivity contribution is 0.0697.